The highest BCUT2D eigenvalue weighted by Crippen LogP contribution is 2.25. The van der Waals surface area contributed by atoms with Crippen molar-refractivity contribution >= 4 is 17.8 Å². The zero-order valence-electron chi connectivity index (χ0n) is 10.1. The standard InChI is InChI=1S/C13H8N4O3/c18-8-11-12(15-13-14-5-2-6-16(11)13)9-3-1-4-10(7-9)17(19)20/h1-8H. The van der Waals surface area contributed by atoms with Crippen LogP contribution in [0.2, 0.25) is 0 Å². The van der Waals surface area contributed by atoms with Crippen LogP contribution in [0, 0.1) is 10.1 Å². The molecule has 0 aliphatic carbocycles. The van der Waals surface area contributed by atoms with Crippen LogP contribution in [0.3, 0.4) is 0 Å². The molecule has 0 bridgehead atoms. The number of rotatable bonds is 3. The number of carbonyl (C=O) groups is 1. The van der Waals surface area contributed by atoms with Gasteiger partial charge in [0.25, 0.3) is 5.69 Å². The summed E-state index contributed by atoms with van der Waals surface area (Å²) in [5.74, 6) is 0.371. The van der Waals surface area contributed by atoms with E-state index in [1.807, 2.05) is 0 Å². The minimum atomic E-state index is -0.488. The number of aromatic nitrogens is 3. The summed E-state index contributed by atoms with van der Waals surface area (Å²) >= 11 is 0. The molecule has 20 heavy (non-hydrogen) atoms. The van der Waals surface area contributed by atoms with Crippen molar-refractivity contribution < 1.29 is 9.72 Å². The van der Waals surface area contributed by atoms with E-state index in [2.05, 4.69) is 9.97 Å². The Balaban J connectivity index is 2.26. The van der Waals surface area contributed by atoms with Crippen molar-refractivity contribution in [3.8, 4) is 11.3 Å². The molecule has 3 aromatic rings. The maximum Gasteiger partial charge on any atom is 0.270 e. The van der Waals surface area contributed by atoms with E-state index in [0.717, 1.165) is 0 Å². The van der Waals surface area contributed by atoms with E-state index in [0.29, 0.717) is 29.0 Å². The van der Waals surface area contributed by atoms with Gasteiger partial charge in [-0.3, -0.25) is 19.3 Å². The first-order valence-corrected chi connectivity index (χ1v) is 5.74. The minimum Gasteiger partial charge on any atom is -0.296 e. The molecule has 0 spiro atoms. The molecule has 2 aromatic heterocycles. The second-order valence-corrected chi connectivity index (χ2v) is 4.06. The summed E-state index contributed by atoms with van der Waals surface area (Å²) in [7, 11) is 0. The smallest absolute Gasteiger partial charge is 0.270 e. The van der Waals surface area contributed by atoms with E-state index >= 15 is 0 Å². The topological polar surface area (TPSA) is 90.4 Å². The molecule has 0 aliphatic heterocycles. The van der Waals surface area contributed by atoms with Gasteiger partial charge in [0.15, 0.2) is 6.29 Å². The molecule has 0 N–H and O–H groups in total. The maximum absolute atomic E-state index is 11.3. The van der Waals surface area contributed by atoms with Crippen molar-refractivity contribution in [2.75, 3.05) is 0 Å². The Kier molecular flexibility index (Phi) is 2.72. The molecule has 0 saturated heterocycles. The number of nitrogens with zero attached hydrogens (tertiary/aromatic N) is 4. The Hall–Kier alpha value is -3.09. The predicted octanol–water partition coefficient (Wildman–Crippen LogP) is 2.12. The SMILES string of the molecule is O=Cc1c(-c2cccc([N+](=O)[O-])c2)nc2ncccn12. The quantitative estimate of drug-likeness (QED) is 0.412. The fourth-order valence-corrected chi connectivity index (χ4v) is 2.00. The van der Waals surface area contributed by atoms with Crippen molar-refractivity contribution in [2.45, 2.75) is 0 Å². The highest BCUT2D eigenvalue weighted by Gasteiger charge is 2.16. The van der Waals surface area contributed by atoms with Crippen LogP contribution in [0.15, 0.2) is 42.7 Å². The molecule has 2 heterocycles. The lowest BCUT2D eigenvalue weighted by Crippen LogP contribution is -1.93. The van der Waals surface area contributed by atoms with Crippen molar-refractivity contribution in [3.63, 3.8) is 0 Å². The fraction of sp³-hybridized carbons (Fsp3) is 0. The zero-order valence-corrected chi connectivity index (χ0v) is 10.1. The molecule has 0 unspecified atom stereocenters. The number of nitro groups is 1. The molecule has 0 saturated carbocycles. The first kappa shape index (κ1) is 12.0. The molecular weight excluding hydrogens is 260 g/mol. The van der Waals surface area contributed by atoms with E-state index in [4.69, 9.17) is 0 Å². The number of hydrogen-bond donors (Lipinski definition) is 0. The highest BCUT2D eigenvalue weighted by atomic mass is 16.6. The molecule has 0 atom stereocenters. The first-order chi connectivity index (χ1) is 9.70. The van der Waals surface area contributed by atoms with E-state index < -0.39 is 4.92 Å². The van der Waals surface area contributed by atoms with Gasteiger partial charge in [-0.25, -0.2) is 9.97 Å². The summed E-state index contributed by atoms with van der Waals surface area (Å²) < 4.78 is 1.54. The van der Waals surface area contributed by atoms with Gasteiger partial charge in [-0.15, -0.1) is 0 Å². The van der Waals surface area contributed by atoms with E-state index in [1.165, 1.54) is 12.1 Å². The Morgan fingerprint density at radius 3 is 2.90 bits per heavy atom. The van der Waals surface area contributed by atoms with Gasteiger partial charge in [-0.05, 0) is 6.07 Å². The summed E-state index contributed by atoms with van der Waals surface area (Å²) in [6.45, 7) is 0. The molecule has 1 aromatic carbocycles. The Morgan fingerprint density at radius 1 is 1.30 bits per heavy atom. The summed E-state index contributed by atoms with van der Waals surface area (Å²) in [5, 5.41) is 10.8. The fourth-order valence-electron chi connectivity index (χ4n) is 2.00. The monoisotopic (exact) mass is 268 g/mol. The van der Waals surface area contributed by atoms with Crippen LogP contribution >= 0.6 is 0 Å². The number of fused-ring (bicyclic) bond motifs is 1. The van der Waals surface area contributed by atoms with Gasteiger partial charge in [0.05, 0.1) is 4.92 Å². The normalized spacial score (nSPS) is 10.6. The third-order valence-electron chi connectivity index (χ3n) is 2.88. The van der Waals surface area contributed by atoms with Crippen molar-refractivity contribution in [2.24, 2.45) is 0 Å². The van der Waals surface area contributed by atoms with Gasteiger partial charge < -0.3 is 0 Å². The average Bonchev–Trinajstić information content (AvgIpc) is 2.86. The molecule has 3 rings (SSSR count). The molecule has 0 fully saturated rings. The van der Waals surface area contributed by atoms with E-state index in [1.54, 1.807) is 35.0 Å². The number of imidazole rings is 1. The van der Waals surface area contributed by atoms with Crippen LogP contribution < -0.4 is 0 Å². The summed E-state index contributed by atoms with van der Waals surface area (Å²) in [5.41, 5.74) is 1.15. The third-order valence-corrected chi connectivity index (χ3v) is 2.88. The van der Waals surface area contributed by atoms with Crippen LogP contribution in [-0.4, -0.2) is 25.6 Å². The second kappa shape index (κ2) is 4.54. The molecule has 0 aliphatic rings. The van der Waals surface area contributed by atoms with Gasteiger partial charge >= 0.3 is 0 Å². The molecule has 7 nitrogen and oxygen atoms in total. The number of hydrogen-bond acceptors (Lipinski definition) is 5. The van der Waals surface area contributed by atoms with Gasteiger partial charge in [0.1, 0.15) is 11.4 Å². The molecule has 98 valence electrons. The summed E-state index contributed by atoms with van der Waals surface area (Å²) in [6, 6.07) is 7.67. The van der Waals surface area contributed by atoms with Crippen LogP contribution in [-0.2, 0) is 0 Å². The maximum atomic E-state index is 11.3. The third kappa shape index (κ3) is 1.81. The van der Waals surface area contributed by atoms with Crippen molar-refractivity contribution in [3.05, 3.63) is 58.5 Å². The molecule has 7 heteroatoms. The minimum absolute atomic E-state index is 0.0515. The summed E-state index contributed by atoms with van der Waals surface area (Å²) in [4.78, 5) is 29.9. The van der Waals surface area contributed by atoms with Crippen LogP contribution in [0.4, 0.5) is 5.69 Å². The Morgan fingerprint density at radius 2 is 2.15 bits per heavy atom. The van der Waals surface area contributed by atoms with Gasteiger partial charge in [0.2, 0.25) is 5.78 Å². The van der Waals surface area contributed by atoms with Crippen molar-refractivity contribution in [1.29, 1.82) is 0 Å². The number of carbonyl (C=O) groups excluding carboxylic acids is 1. The average molecular weight is 268 g/mol. The highest BCUT2D eigenvalue weighted by molar-refractivity contribution is 5.86. The lowest BCUT2D eigenvalue weighted by Gasteiger charge is -1.98. The Bertz CT molecular complexity index is 825. The molecule has 0 radical (unpaired) electrons. The van der Waals surface area contributed by atoms with Gasteiger partial charge in [-0.1, -0.05) is 12.1 Å². The van der Waals surface area contributed by atoms with E-state index in [-0.39, 0.29) is 5.69 Å². The second-order valence-electron chi connectivity index (χ2n) is 4.06. The largest absolute Gasteiger partial charge is 0.296 e. The van der Waals surface area contributed by atoms with Gasteiger partial charge in [0, 0.05) is 30.1 Å². The zero-order chi connectivity index (χ0) is 14.1. The predicted molar refractivity (Wildman–Crippen MR) is 70.5 cm³/mol. The van der Waals surface area contributed by atoms with Crippen molar-refractivity contribution in [1.82, 2.24) is 14.4 Å². The van der Waals surface area contributed by atoms with Gasteiger partial charge in [-0.2, -0.15) is 0 Å². The lowest BCUT2D eigenvalue weighted by atomic mass is 10.1. The van der Waals surface area contributed by atoms with Crippen LogP contribution in [0.5, 0.6) is 0 Å². The lowest BCUT2D eigenvalue weighted by molar-refractivity contribution is -0.384. The Labute approximate surface area is 112 Å². The number of benzene rings is 1. The van der Waals surface area contributed by atoms with Crippen LogP contribution in [0.1, 0.15) is 10.5 Å². The summed E-state index contributed by atoms with van der Waals surface area (Å²) in [6.07, 6.45) is 3.89. The van der Waals surface area contributed by atoms with Crippen LogP contribution in [0.25, 0.3) is 17.0 Å². The molecule has 0 amide bonds. The van der Waals surface area contributed by atoms with E-state index in [9.17, 15) is 14.9 Å². The number of non-ortho nitro benzene ring substituents is 1. The molecular formula is C13H8N4O3. The number of nitro benzene ring substituents is 1. The first-order valence-electron chi connectivity index (χ1n) is 5.74. The number of aldehydes is 1.